The molecule has 3 aromatic rings. The summed E-state index contributed by atoms with van der Waals surface area (Å²) in [6.07, 6.45) is -1.25. The lowest BCUT2D eigenvalue weighted by atomic mass is 10.1. The van der Waals surface area contributed by atoms with Gasteiger partial charge in [-0.05, 0) is 31.2 Å². The van der Waals surface area contributed by atoms with E-state index in [1.165, 1.54) is 13.0 Å². The van der Waals surface area contributed by atoms with Crippen molar-refractivity contribution in [3.63, 3.8) is 0 Å². The fraction of sp³-hybridized carbons (Fsp3) is 0.125. The Labute approximate surface area is 120 Å². The van der Waals surface area contributed by atoms with Crippen LogP contribution in [-0.2, 0) is 4.79 Å². The number of rotatable bonds is 2. The Morgan fingerprint density at radius 2 is 1.95 bits per heavy atom. The van der Waals surface area contributed by atoms with E-state index in [0.29, 0.717) is 10.9 Å². The monoisotopic (exact) mass is 283 g/mol. The molecule has 106 valence electrons. The van der Waals surface area contributed by atoms with Gasteiger partial charge in [-0.15, -0.1) is 0 Å². The van der Waals surface area contributed by atoms with Crippen LogP contribution < -0.4 is 4.74 Å². The van der Waals surface area contributed by atoms with Crippen LogP contribution in [0.3, 0.4) is 0 Å². The van der Waals surface area contributed by atoms with Crippen LogP contribution in [0.15, 0.2) is 42.5 Å². The molecule has 3 rings (SSSR count). The molecule has 1 atom stereocenters. The Morgan fingerprint density at radius 3 is 2.71 bits per heavy atom. The molecule has 1 aromatic heterocycles. The number of aliphatic hydroxyl groups is 1. The molecule has 2 N–H and O–H groups in total. The Morgan fingerprint density at radius 1 is 1.19 bits per heavy atom. The van der Waals surface area contributed by atoms with Gasteiger partial charge >= 0.3 is 5.97 Å². The average Bonchev–Trinajstić information content (AvgIpc) is 2.48. The number of carbonyl (C=O) groups is 1. The smallest absolute Gasteiger partial charge is 0.340 e. The van der Waals surface area contributed by atoms with Crippen LogP contribution in [0.25, 0.3) is 21.8 Å². The van der Waals surface area contributed by atoms with Crippen molar-refractivity contribution in [2.45, 2.75) is 13.0 Å². The standard InChI is InChI=1S/C16H13NO4/c1-9(18)16(20)21-14-7-6-13-11(15(14)19)8-10-4-2-3-5-12(10)17-13/h2-9,18-19H,1H3. The summed E-state index contributed by atoms with van der Waals surface area (Å²) in [4.78, 5) is 15.9. The summed E-state index contributed by atoms with van der Waals surface area (Å²) in [7, 11) is 0. The molecule has 0 spiro atoms. The highest BCUT2D eigenvalue weighted by molar-refractivity contribution is 5.97. The topological polar surface area (TPSA) is 79.7 Å². The van der Waals surface area contributed by atoms with Gasteiger partial charge in [-0.25, -0.2) is 9.78 Å². The molecule has 0 aliphatic heterocycles. The molecule has 0 bridgehead atoms. The SMILES string of the molecule is CC(O)C(=O)Oc1ccc2nc3ccccc3cc2c1O. The molecule has 0 amide bonds. The van der Waals surface area contributed by atoms with E-state index in [-0.39, 0.29) is 11.5 Å². The number of carbonyl (C=O) groups excluding carboxylic acids is 1. The Balaban J connectivity index is 2.15. The van der Waals surface area contributed by atoms with Gasteiger partial charge in [0.15, 0.2) is 11.5 Å². The second-order valence-electron chi connectivity index (χ2n) is 4.76. The van der Waals surface area contributed by atoms with Gasteiger partial charge < -0.3 is 14.9 Å². The summed E-state index contributed by atoms with van der Waals surface area (Å²) in [5.41, 5.74) is 1.42. The largest absolute Gasteiger partial charge is 0.504 e. The minimum atomic E-state index is -1.25. The van der Waals surface area contributed by atoms with Crippen molar-refractivity contribution in [2.24, 2.45) is 0 Å². The van der Waals surface area contributed by atoms with Crippen molar-refractivity contribution in [3.05, 3.63) is 42.5 Å². The molecule has 0 saturated carbocycles. The number of nitrogens with zero attached hydrogens (tertiary/aromatic N) is 1. The Kier molecular flexibility index (Phi) is 3.19. The predicted octanol–water partition coefficient (Wildman–Crippen LogP) is 2.38. The van der Waals surface area contributed by atoms with E-state index < -0.39 is 12.1 Å². The molecule has 5 heteroatoms. The van der Waals surface area contributed by atoms with Crippen LogP contribution in [0.5, 0.6) is 11.5 Å². The summed E-state index contributed by atoms with van der Waals surface area (Å²) in [5.74, 6) is -0.983. The van der Waals surface area contributed by atoms with Gasteiger partial charge in [-0.1, -0.05) is 18.2 Å². The van der Waals surface area contributed by atoms with Crippen LogP contribution in [0.2, 0.25) is 0 Å². The van der Waals surface area contributed by atoms with E-state index in [9.17, 15) is 9.90 Å². The van der Waals surface area contributed by atoms with Crippen molar-refractivity contribution in [1.29, 1.82) is 0 Å². The highest BCUT2D eigenvalue weighted by Crippen LogP contribution is 2.35. The third-order valence-corrected chi connectivity index (χ3v) is 3.19. The van der Waals surface area contributed by atoms with Crippen LogP contribution >= 0.6 is 0 Å². The molecule has 2 aromatic carbocycles. The number of hydrogen-bond acceptors (Lipinski definition) is 5. The lowest BCUT2D eigenvalue weighted by Gasteiger charge is -2.10. The fourth-order valence-electron chi connectivity index (χ4n) is 2.09. The number of para-hydroxylation sites is 1. The predicted molar refractivity (Wildman–Crippen MR) is 78.2 cm³/mol. The second-order valence-corrected chi connectivity index (χ2v) is 4.76. The van der Waals surface area contributed by atoms with Crippen molar-refractivity contribution >= 4 is 27.8 Å². The average molecular weight is 283 g/mol. The molecule has 21 heavy (non-hydrogen) atoms. The van der Waals surface area contributed by atoms with E-state index in [1.54, 1.807) is 12.1 Å². The van der Waals surface area contributed by atoms with E-state index in [4.69, 9.17) is 9.84 Å². The van der Waals surface area contributed by atoms with Crippen molar-refractivity contribution in [1.82, 2.24) is 4.98 Å². The van der Waals surface area contributed by atoms with Crippen molar-refractivity contribution in [3.8, 4) is 11.5 Å². The maximum atomic E-state index is 11.4. The zero-order valence-corrected chi connectivity index (χ0v) is 11.3. The number of phenolic OH excluding ortho intramolecular Hbond substituents is 1. The summed E-state index contributed by atoms with van der Waals surface area (Å²) in [6, 6.07) is 12.4. The molecule has 1 heterocycles. The molecule has 0 aliphatic rings. The number of benzene rings is 2. The Hall–Kier alpha value is -2.66. The number of aliphatic hydroxyl groups excluding tert-OH is 1. The maximum Gasteiger partial charge on any atom is 0.340 e. The van der Waals surface area contributed by atoms with Gasteiger partial charge in [0.2, 0.25) is 0 Å². The number of aromatic nitrogens is 1. The van der Waals surface area contributed by atoms with Gasteiger partial charge in [0, 0.05) is 10.8 Å². The Bertz CT molecular complexity index is 842. The highest BCUT2D eigenvalue weighted by Gasteiger charge is 2.16. The number of esters is 1. The molecular formula is C16H13NO4. The maximum absolute atomic E-state index is 11.4. The number of pyridine rings is 1. The van der Waals surface area contributed by atoms with Crippen LogP contribution in [0.1, 0.15) is 6.92 Å². The van der Waals surface area contributed by atoms with E-state index in [1.807, 2.05) is 24.3 Å². The van der Waals surface area contributed by atoms with E-state index in [0.717, 1.165) is 10.9 Å². The number of phenols is 1. The molecule has 5 nitrogen and oxygen atoms in total. The summed E-state index contributed by atoms with van der Waals surface area (Å²) in [6.45, 7) is 1.30. The first-order chi connectivity index (χ1) is 10.1. The van der Waals surface area contributed by atoms with Gasteiger partial charge in [-0.3, -0.25) is 0 Å². The summed E-state index contributed by atoms with van der Waals surface area (Å²) in [5, 5.41) is 20.8. The highest BCUT2D eigenvalue weighted by atomic mass is 16.6. The van der Waals surface area contributed by atoms with Gasteiger partial charge in [-0.2, -0.15) is 0 Å². The number of aromatic hydroxyl groups is 1. The molecule has 0 saturated heterocycles. The van der Waals surface area contributed by atoms with Crippen LogP contribution in [-0.4, -0.2) is 27.3 Å². The number of fused-ring (bicyclic) bond motifs is 2. The van der Waals surface area contributed by atoms with Crippen LogP contribution in [0, 0.1) is 0 Å². The molecule has 0 aliphatic carbocycles. The van der Waals surface area contributed by atoms with Crippen LogP contribution in [0.4, 0.5) is 0 Å². The summed E-state index contributed by atoms with van der Waals surface area (Å²) < 4.78 is 4.96. The zero-order chi connectivity index (χ0) is 15.0. The number of ether oxygens (including phenoxy) is 1. The van der Waals surface area contributed by atoms with E-state index >= 15 is 0 Å². The third kappa shape index (κ3) is 2.39. The first-order valence-electron chi connectivity index (χ1n) is 6.47. The summed E-state index contributed by atoms with van der Waals surface area (Å²) >= 11 is 0. The van der Waals surface area contributed by atoms with E-state index in [2.05, 4.69) is 4.98 Å². The quantitative estimate of drug-likeness (QED) is 0.429. The third-order valence-electron chi connectivity index (χ3n) is 3.19. The van der Waals surface area contributed by atoms with Gasteiger partial charge in [0.1, 0.15) is 6.10 Å². The number of hydrogen-bond donors (Lipinski definition) is 2. The zero-order valence-electron chi connectivity index (χ0n) is 11.3. The van der Waals surface area contributed by atoms with Crippen molar-refractivity contribution in [2.75, 3.05) is 0 Å². The molecule has 0 fully saturated rings. The molecule has 0 radical (unpaired) electrons. The minimum absolute atomic E-state index is 0.00508. The minimum Gasteiger partial charge on any atom is -0.504 e. The lowest BCUT2D eigenvalue weighted by molar-refractivity contribution is -0.142. The van der Waals surface area contributed by atoms with Gasteiger partial charge in [0.05, 0.1) is 11.0 Å². The molecule has 1 unspecified atom stereocenters. The second kappa shape index (κ2) is 5.03. The normalized spacial score (nSPS) is 12.5. The first kappa shape index (κ1) is 13.3. The van der Waals surface area contributed by atoms with Gasteiger partial charge in [0.25, 0.3) is 0 Å². The lowest BCUT2D eigenvalue weighted by Crippen LogP contribution is -2.22. The fourth-order valence-corrected chi connectivity index (χ4v) is 2.09. The first-order valence-corrected chi connectivity index (χ1v) is 6.47. The van der Waals surface area contributed by atoms with Crippen molar-refractivity contribution < 1.29 is 19.7 Å². The molecular weight excluding hydrogens is 270 g/mol.